The zero-order valence-electron chi connectivity index (χ0n) is 25.0. The quantitative estimate of drug-likeness (QED) is 0.336. The van der Waals surface area contributed by atoms with Crippen LogP contribution in [0.1, 0.15) is 89.1 Å². The van der Waals surface area contributed by atoms with Crippen molar-refractivity contribution in [2.24, 2.45) is 5.92 Å². The molecule has 2 atom stereocenters. The molecule has 2 aromatic rings. The predicted molar refractivity (Wildman–Crippen MR) is 156 cm³/mol. The Morgan fingerprint density at radius 2 is 1.59 bits per heavy atom. The summed E-state index contributed by atoms with van der Waals surface area (Å²) in [7, 11) is 0. The first-order valence-corrected chi connectivity index (χ1v) is 14.0. The van der Waals surface area contributed by atoms with Crippen LogP contribution >= 0.6 is 0 Å². The molecule has 0 saturated carbocycles. The average molecular weight is 538 g/mol. The Morgan fingerprint density at radius 3 is 2.13 bits per heavy atom. The van der Waals surface area contributed by atoms with Crippen molar-refractivity contribution in [1.29, 1.82) is 0 Å². The summed E-state index contributed by atoms with van der Waals surface area (Å²) >= 11 is 0. The summed E-state index contributed by atoms with van der Waals surface area (Å²) in [4.78, 5) is 42.5. The van der Waals surface area contributed by atoms with Gasteiger partial charge in [0, 0.05) is 13.1 Å². The van der Waals surface area contributed by atoms with E-state index in [0.29, 0.717) is 19.5 Å². The van der Waals surface area contributed by atoms with Crippen molar-refractivity contribution in [2.45, 2.75) is 98.9 Å². The number of nitrogens with one attached hydrogen (secondary N) is 2. The zero-order chi connectivity index (χ0) is 29.2. The van der Waals surface area contributed by atoms with E-state index in [9.17, 15) is 14.4 Å². The highest BCUT2D eigenvalue weighted by Gasteiger charge is 2.36. The molecule has 3 amide bonds. The first-order valence-electron chi connectivity index (χ1n) is 14.0. The van der Waals surface area contributed by atoms with Crippen molar-refractivity contribution in [3.63, 3.8) is 0 Å². The summed E-state index contributed by atoms with van der Waals surface area (Å²) in [5.41, 5.74) is 3.05. The molecule has 2 aromatic carbocycles. The minimum absolute atomic E-state index is 0.133. The molecule has 0 aromatic heterocycles. The number of alkyl carbamates (subject to hydrolysis) is 1. The molecule has 2 rings (SSSR count). The van der Waals surface area contributed by atoms with Crippen molar-refractivity contribution in [2.75, 3.05) is 6.54 Å². The molecule has 39 heavy (non-hydrogen) atoms. The van der Waals surface area contributed by atoms with Crippen LogP contribution in [-0.4, -0.2) is 41.0 Å². The molecule has 0 aliphatic carbocycles. The number of rotatable bonds is 12. The molecule has 0 spiro atoms. The molecule has 2 unspecified atom stereocenters. The van der Waals surface area contributed by atoms with E-state index >= 15 is 0 Å². The Balaban J connectivity index is 2.50. The van der Waals surface area contributed by atoms with E-state index in [1.54, 1.807) is 25.7 Å². The number of ether oxygens (including phenoxy) is 1. The van der Waals surface area contributed by atoms with Crippen LogP contribution in [0.25, 0.3) is 0 Å². The van der Waals surface area contributed by atoms with Crippen molar-refractivity contribution in [1.82, 2.24) is 15.5 Å². The third-order valence-corrected chi connectivity index (χ3v) is 6.16. The van der Waals surface area contributed by atoms with Gasteiger partial charge in [-0.15, -0.1) is 0 Å². The lowest BCUT2D eigenvalue weighted by Gasteiger charge is -2.35. The average Bonchev–Trinajstić information content (AvgIpc) is 2.82. The summed E-state index contributed by atoms with van der Waals surface area (Å²) in [5.74, 6) is -0.413. The fourth-order valence-electron chi connectivity index (χ4n) is 4.56. The Kier molecular flexibility index (Phi) is 12.0. The van der Waals surface area contributed by atoms with Gasteiger partial charge in [0.2, 0.25) is 11.8 Å². The molecular formula is C32H47N3O4. The Morgan fingerprint density at radius 1 is 0.974 bits per heavy atom. The predicted octanol–water partition coefficient (Wildman–Crippen LogP) is 6.23. The molecule has 0 aliphatic rings. The largest absolute Gasteiger partial charge is 0.444 e. The Labute approximate surface area is 234 Å². The lowest BCUT2D eigenvalue weighted by atomic mass is 9.96. The summed E-state index contributed by atoms with van der Waals surface area (Å²) in [6.07, 6.45) is 1.35. The number of unbranched alkanes of at least 4 members (excludes halogenated alkanes) is 1. The lowest BCUT2D eigenvalue weighted by Crippen LogP contribution is -2.53. The van der Waals surface area contributed by atoms with Crippen LogP contribution in [0, 0.1) is 19.8 Å². The number of benzene rings is 2. The lowest BCUT2D eigenvalue weighted by molar-refractivity contribution is -0.143. The van der Waals surface area contributed by atoms with Gasteiger partial charge in [-0.05, 0) is 64.5 Å². The topological polar surface area (TPSA) is 87.7 Å². The van der Waals surface area contributed by atoms with Gasteiger partial charge < -0.3 is 20.3 Å². The molecule has 7 nitrogen and oxygen atoms in total. The van der Waals surface area contributed by atoms with Crippen molar-refractivity contribution in [3.8, 4) is 0 Å². The maximum absolute atomic E-state index is 14.2. The molecule has 0 saturated heterocycles. The number of nitrogens with zero attached hydrogens (tertiary/aromatic N) is 1. The fraction of sp³-hybridized carbons (Fsp3) is 0.531. The highest BCUT2D eigenvalue weighted by atomic mass is 16.6. The van der Waals surface area contributed by atoms with Gasteiger partial charge in [-0.2, -0.15) is 0 Å². The Bertz CT molecular complexity index is 1070. The summed E-state index contributed by atoms with van der Waals surface area (Å²) < 4.78 is 5.47. The van der Waals surface area contributed by atoms with Crippen molar-refractivity contribution < 1.29 is 19.1 Å². The Hall–Kier alpha value is -3.35. The second-order valence-electron chi connectivity index (χ2n) is 11.7. The number of carbonyl (C=O) groups excluding carboxylic acids is 3. The van der Waals surface area contributed by atoms with Crippen LogP contribution in [0.2, 0.25) is 0 Å². The van der Waals surface area contributed by atoms with Gasteiger partial charge in [0.1, 0.15) is 17.7 Å². The van der Waals surface area contributed by atoms with E-state index in [-0.39, 0.29) is 17.7 Å². The number of amides is 3. The minimum Gasteiger partial charge on any atom is -0.444 e. The second kappa shape index (κ2) is 14.7. The van der Waals surface area contributed by atoms with Gasteiger partial charge in [0.15, 0.2) is 0 Å². The maximum atomic E-state index is 14.2. The monoisotopic (exact) mass is 537 g/mol. The summed E-state index contributed by atoms with van der Waals surface area (Å²) in [5, 5.41) is 5.86. The highest BCUT2D eigenvalue weighted by molar-refractivity contribution is 5.92. The summed E-state index contributed by atoms with van der Waals surface area (Å²) in [6.45, 7) is 16.1. The maximum Gasteiger partial charge on any atom is 0.408 e. The van der Waals surface area contributed by atoms with Gasteiger partial charge >= 0.3 is 6.09 Å². The van der Waals surface area contributed by atoms with Gasteiger partial charge in [-0.3, -0.25) is 9.59 Å². The minimum atomic E-state index is -0.846. The van der Waals surface area contributed by atoms with Gasteiger partial charge in [0.25, 0.3) is 0 Å². The van der Waals surface area contributed by atoms with E-state index < -0.39 is 23.8 Å². The fourth-order valence-corrected chi connectivity index (χ4v) is 4.56. The van der Waals surface area contributed by atoms with E-state index in [4.69, 9.17) is 4.74 Å². The second-order valence-corrected chi connectivity index (χ2v) is 11.7. The third kappa shape index (κ3) is 10.7. The first kappa shape index (κ1) is 31.9. The molecule has 0 bridgehead atoms. The van der Waals surface area contributed by atoms with E-state index in [1.807, 2.05) is 76.2 Å². The molecule has 2 N–H and O–H groups in total. The van der Waals surface area contributed by atoms with Gasteiger partial charge in [0.05, 0.1) is 0 Å². The van der Waals surface area contributed by atoms with Crippen molar-refractivity contribution >= 4 is 17.9 Å². The highest BCUT2D eigenvalue weighted by Crippen LogP contribution is 2.26. The standard InChI is InChI=1S/C32H47N3O4/c1-9-10-16-35(30(37)27(17-22(2)3)34-31(38)39-32(6,7)8)28(26-19-23(4)18-24(5)20-26)29(36)33-21-25-14-12-11-13-15-25/h11-15,18-20,22,27-28H,9-10,16-17,21H2,1-8H3,(H,33,36)(H,34,38). The molecule has 0 aliphatic heterocycles. The molecule has 0 heterocycles. The SMILES string of the molecule is CCCCN(C(=O)C(CC(C)C)NC(=O)OC(C)(C)C)C(C(=O)NCc1ccccc1)c1cc(C)cc(C)c1. The van der Waals surface area contributed by atoms with Crippen LogP contribution in [0.5, 0.6) is 0 Å². The number of aryl methyl sites for hydroxylation is 2. The zero-order valence-corrected chi connectivity index (χ0v) is 25.0. The number of hydrogen-bond acceptors (Lipinski definition) is 4. The molecule has 7 heteroatoms. The van der Waals surface area contributed by atoms with E-state index in [1.165, 1.54) is 0 Å². The number of hydrogen-bond donors (Lipinski definition) is 2. The molecule has 0 radical (unpaired) electrons. The first-order chi connectivity index (χ1) is 18.3. The summed E-state index contributed by atoms with van der Waals surface area (Å²) in [6, 6.07) is 14.0. The van der Waals surface area contributed by atoms with Crippen LogP contribution < -0.4 is 10.6 Å². The van der Waals surface area contributed by atoms with Crippen LogP contribution in [0.3, 0.4) is 0 Å². The van der Waals surface area contributed by atoms with Gasteiger partial charge in [-0.25, -0.2) is 4.79 Å². The molecule has 214 valence electrons. The van der Waals surface area contributed by atoms with Crippen molar-refractivity contribution in [3.05, 3.63) is 70.8 Å². The van der Waals surface area contributed by atoms with E-state index in [0.717, 1.165) is 35.1 Å². The smallest absolute Gasteiger partial charge is 0.408 e. The van der Waals surface area contributed by atoms with Crippen LogP contribution in [0.15, 0.2) is 48.5 Å². The van der Waals surface area contributed by atoms with E-state index in [2.05, 4.69) is 17.6 Å². The third-order valence-electron chi connectivity index (χ3n) is 6.16. The van der Waals surface area contributed by atoms with Crippen LogP contribution in [0.4, 0.5) is 4.79 Å². The normalized spacial score (nSPS) is 12.9. The number of carbonyl (C=O) groups is 3. The van der Waals surface area contributed by atoms with Crippen LogP contribution in [-0.2, 0) is 20.9 Å². The molecule has 0 fully saturated rings. The van der Waals surface area contributed by atoms with Gasteiger partial charge in [-0.1, -0.05) is 86.8 Å². The molecular weight excluding hydrogens is 490 g/mol.